The number of amides is 4. The smallest absolute Gasteiger partial charge is 0.407 e. The molecule has 6 N–H and O–H groups in total. The van der Waals surface area contributed by atoms with Crippen LogP contribution in [0, 0.1) is 10.8 Å². The van der Waals surface area contributed by atoms with Crippen molar-refractivity contribution in [1.82, 2.24) is 41.2 Å². The second-order valence-electron chi connectivity index (χ2n) is 19.6. The topological polar surface area (TPSA) is 192 Å². The van der Waals surface area contributed by atoms with Crippen LogP contribution in [0.3, 0.4) is 0 Å². The first-order chi connectivity index (χ1) is 31.5. The van der Waals surface area contributed by atoms with Crippen molar-refractivity contribution in [3.63, 3.8) is 0 Å². The molecule has 0 spiro atoms. The van der Waals surface area contributed by atoms with Crippen LogP contribution in [0.25, 0.3) is 33.6 Å². The first kappa shape index (κ1) is 45.4. The summed E-state index contributed by atoms with van der Waals surface area (Å²) in [5.74, 6) is 0.230. The normalized spacial score (nSPS) is 20.8. The minimum absolute atomic E-state index is 0.194. The number of aromatic amines is 2. The Hall–Kier alpha value is -7.22. The molecule has 14 nitrogen and oxygen atoms in total. The molecule has 14 heteroatoms. The zero-order valence-electron chi connectivity index (χ0n) is 38.6. The van der Waals surface area contributed by atoms with E-state index in [4.69, 9.17) is 19.4 Å². The van der Waals surface area contributed by atoms with Gasteiger partial charge in [-0.25, -0.2) is 19.6 Å². The lowest BCUT2D eigenvalue weighted by Crippen LogP contribution is -2.52. The first-order valence-corrected chi connectivity index (χ1v) is 22.2. The first-order valence-electron chi connectivity index (χ1n) is 22.2. The largest absolute Gasteiger partial charge is 0.453 e. The fourth-order valence-electron chi connectivity index (χ4n) is 8.91. The number of ether oxygens (including phenoxy) is 2. The number of imidazole rings is 2. The summed E-state index contributed by atoms with van der Waals surface area (Å²) in [4.78, 5) is 69.5. The number of nitrogens with zero attached hydrogens (tertiary/aromatic N) is 2. The molecule has 4 aromatic carbocycles. The van der Waals surface area contributed by atoms with E-state index in [1.54, 1.807) is 12.4 Å². The van der Waals surface area contributed by atoms with Crippen molar-refractivity contribution in [3.8, 4) is 33.6 Å². The fraction of sp³-hybridized carbons (Fsp3) is 0.346. The molecule has 0 saturated heterocycles. The van der Waals surface area contributed by atoms with Crippen LogP contribution in [0.2, 0.25) is 0 Å². The number of alkyl carbamates (subject to hydrolysis) is 2. The van der Waals surface area contributed by atoms with E-state index >= 15 is 0 Å². The number of methoxy groups -OCH3 is 2. The van der Waals surface area contributed by atoms with Gasteiger partial charge in [-0.05, 0) is 57.1 Å². The van der Waals surface area contributed by atoms with E-state index in [2.05, 4.69) is 55.5 Å². The van der Waals surface area contributed by atoms with Crippen molar-refractivity contribution in [1.29, 1.82) is 0 Å². The minimum Gasteiger partial charge on any atom is -0.453 e. The average Bonchev–Trinajstić information content (AvgIpc) is 4.06. The molecule has 2 fully saturated rings. The number of nitrogens with one attached hydrogen (secondary N) is 6. The number of rotatable bonds is 13. The standard InChI is InChI=1S/C52H58N8O6/c1-49(2,3)41(57-45(61)51(59-47(63)65-7)27-37(51)33-15-11-9-12-16-33)43-53-29-39(55-43)35-23-19-31(20-24-35)32-21-25-36(26-22-32)40-30-54-44(56-40)42(50(4,5)6)58-46(62)52(60-48(64)66-8)28-38(52)34-17-13-10-14-18-34/h9-26,29-30,37-38,41-42H,27-28H2,1-8H3,(H,53,55)(H,54,56)(H,57,61)(H,58,62)(H,59,63)(H,60,64). The summed E-state index contributed by atoms with van der Waals surface area (Å²) in [6.07, 6.45) is 3.13. The highest BCUT2D eigenvalue weighted by Gasteiger charge is 2.63. The van der Waals surface area contributed by atoms with Gasteiger partial charge < -0.3 is 40.7 Å². The van der Waals surface area contributed by atoms with E-state index < -0.39 is 46.2 Å². The van der Waals surface area contributed by atoms with Gasteiger partial charge in [0.2, 0.25) is 11.8 Å². The van der Waals surface area contributed by atoms with E-state index in [9.17, 15) is 19.2 Å². The molecule has 2 aliphatic rings. The average molecular weight is 891 g/mol. The molecular formula is C52H58N8O6. The predicted octanol–water partition coefficient (Wildman–Crippen LogP) is 9.11. The van der Waals surface area contributed by atoms with Gasteiger partial charge in [0.05, 0.1) is 50.1 Å². The maximum absolute atomic E-state index is 14.1. The zero-order valence-corrected chi connectivity index (χ0v) is 38.6. The van der Waals surface area contributed by atoms with Crippen molar-refractivity contribution in [3.05, 3.63) is 144 Å². The maximum atomic E-state index is 14.1. The molecule has 8 rings (SSSR count). The van der Waals surface area contributed by atoms with Gasteiger partial charge in [0.1, 0.15) is 22.7 Å². The number of hydrogen-bond acceptors (Lipinski definition) is 8. The van der Waals surface area contributed by atoms with Crippen LogP contribution >= 0.6 is 0 Å². The van der Waals surface area contributed by atoms with Crippen molar-refractivity contribution < 1.29 is 28.7 Å². The summed E-state index contributed by atoms with van der Waals surface area (Å²) >= 11 is 0. The van der Waals surface area contributed by atoms with E-state index in [1.165, 1.54) is 14.2 Å². The van der Waals surface area contributed by atoms with Gasteiger partial charge in [-0.1, -0.05) is 151 Å². The summed E-state index contributed by atoms with van der Waals surface area (Å²) in [6, 6.07) is 34.8. The molecule has 6 aromatic rings. The second kappa shape index (κ2) is 17.6. The predicted molar refractivity (Wildman–Crippen MR) is 252 cm³/mol. The third-order valence-corrected chi connectivity index (χ3v) is 12.9. The lowest BCUT2D eigenvalue weighted by Gasteiger charge is -2.32. The molecule has 6 unspecified atom stereocenters. The molecule has 2 aliphatic carbocycles. The number of carbonyl (C=O) groups is 4. The van der Waals surface area contributed by atoms with Crippen LogP contribution in [-0.4, -0.2) is 69.2 Å². The molecule has 0 radical (unpaired) electrons. The quantitative estimate of drug-likeness (QED) is 0.0661. The van der Waals surface area contributed by atoms with Crippen molar-refractivity contribution in [2.45, 2.75) is 89.4 Å². The Bertz CT molecular complexity index is 2520. The van der Waals surface area contributed by atoms with Gasteiger partial charge >= 0.3 is 12.2 Å². The van der Waals surface area contributed by atoms with Gasteiger partial charge in [-0.15, -0.1) is 0 Å². The molecule has 6 atom stereocenters. The lowest BCUT2D eigenvalue weighted by atomic mass is 9.85. The molecule has 0 bridgehead atoms. The Morgan fingerprint density at radius 3 is 1.20 bits per heavy atom. The van der Waals surface area contributed by atoms with Crippen molar-refractivity contribution in [2.75, 3.05) is 14.2 Å². The summed E-state index contributed by atoms with van der Waals surface area (Å²) < 4.78 is 9.83. The Morgan fingerprint density at radius 1 is 0.545 bits per heavy atom. The van der Waals surface area contributed by atoms with Crippen molar-refractivity contribution in [2.24, 2.45) is 10.8 Å². The summed E-state index contributed by atoms with van der Waals surface area (Å²) in [7, 11) is 2.58. The van der Waals surface area contributed by atoms with Gasteiger partial charge in [-0.2, -0.15) is 0 Å². The van der Waals surface area contributed by atoms with Gasteiger partial charge in [0.25, 0.3) is 0 Å². The van der Waals surface area contributed by atoms with Gasteiger partial charge in [0, 0.05) is 11.8 Å². The highest BCUT2D eigenvalue weighted by atomic mass is 16.5. The van der Waals surface area contributed by atoms with Gasteiger partial charge in [0.15, 0.2) is 0 Å². The van der Waals surface area contributed by atoms with Crippen LogP contribution < -0.4 is 21.3 Å². The van der Waals surface area contributed by atoms with Crippen molar-refractivity contribution >= 4 is 24.0 Å². The van der Waals surface area contributed by atoms with E-state index in [0.717, 1.165) is 44.8 Å². The summed E-state index contributed by atoms with van der Waals surface area (Å²) in [6.45, 7) is 12.2. The monoisotopic (exact) mass is 890 g/mol. The van der Waals surface area contributed by atoms with Crippen LogP contribution in [-0.2, 0) is 19.1 Å². The molecular weight excluding hydrogens is 833 g/mol. The maximum Gasteiger partial charge on any atom is 0.407 e. The molecule has 342 valence electrons. The Balaban J connectivity index is 0.946. The van der Waals surface area contributed by atoms with E-state index in [1.807, 2.05) is 126 Å². The number of H-pyrrole nitrogens is 2. The third-order valence-electron chi connectivity index (χ3n) is 12.9. The third kappa shape index (κ3) is 9.17. The summed E-state index contributed by atoms with van der Waals surface area (Å²) in [5, 5.41) is 12.1. The van der Waals surface area contributed by atoms with Crippen LogP contribution in [0.15, 0.2) is 122 Å². The number of aromatic nitrogens is 4. The van der Waals surface area contributed by atoms with Gasteiger partial charge in [-0.3, -0.25) is 9.59 Å². The van der Waals surface area contributed by atoms with Crippen LogP contribution in [0.4, 0.5) is 9.59 Å². The number of hydrogen-bond donors (Lipinski definition) is 6. The Kier molecular flexibility index (Phi) is 12.1. The number of benzene rings is 4. The Labute approximate surface area is 385 Å². The minimum atomic E-state index is -1.14. The molecule has 2 heterocycles. The highest BCUT2D eigenvalue weighted by Crippen LogP contribution is 2.53. The molecule has 0 aliphatic heterocycles. The second-order valence-corrected chi connectivity index (χ2v) is 19.6. The lowest BCUT2D eigenvalue weighted by molar-refractivity contribution is -0.126. The number of carbonyl (C=O) groups excluding carboxylic acids is 4. The van der Waals surface area contributed by atoms with E-state index in [-0.39, 0.29) is 23.7 Å². The van der Waals surface area contributed by atoms with Crippen LogP contribution in [0.5, 0.6) is 0 Å². The molecule has 66 heavy (non-hydrogen) atoms. The van der Waals surface area contributed by atoms with E-state index in [0.29, 0.717) is 24.5 Å². The van der Waals surface area contributed by atoms with Crippen LogP contribution in [0.1, 0.15) is 101 Å². The fourth-order valence-corrected chi connectivity index (χ4v) is 8.91. The SMILES string of the molecule is COC(=O)NC1(C(=O)NC(c2ncc(-c3ccc(-c4ccc(-c5cnc(C(NC(=O)C6(NC(=O)OC)CC6c6ccccc6)C(C)(C)C)[nH]5)cc4)cc3)[nH]2)C(C)(C)C)CC1c1ccccc1. The zero-order chi connectivity index (χ0) is 47.0. The molecule has 4 amide bonds. The summed E-state index contributed by atoms with van der Waals surface area (Å²) in [5.41, 5.74) is 4.30. The molecule has 2 aromatic heterocycles. The Morgan fingerprint density at radius 2 is 0.879 bits per heavy atom. The molecule has 2 saturated carbocycles. The highest BCUT2D eigenvalue weighted by molar-refractivity contribution is 5.96.